The fourth-order valence-corrected chi connectivity index (χ4v) is 2.46. The normalized spacial score (nSPS) is 16.6. The summed E-state index contributed by atoms with van der Waals surface area (Å²) in [4.78, 5) is 37.1. The minimum absolute atomic E-state index is 0.273. The Bertz CT molecular complexity index is 614. The van der Waals surface area contributed by atoms with E-state index in [0.717, 1.165) is 11.0 Å². The number of nitrogens with zero attached hydrogens (tertiary/aromatic N) is 1. The quantitative estimate of drug-likeness (QED) is 0.815. The summed E-state index contributed by atoms with van der Waals surface area (Å²) in [6.45, 7) is 3.21. The molecule has 0 spiro atoms. The summed E-state index contributed by atoms with van der Waals surface area (Å²) in [5.41, 5.74) is -0.662. The average Bonchev–Trinajstić information content (AvgIpc) is 2.72. The highest BCUT2D eigenvalue weighted by Gasteiger charge is 2.49. The number of carbonyl (C=O) groups is 3. The standard InChI is InChI=1S/C15H18FN3O3/c1-3-15(4-2)13(21)19(14(22)18-15)9-12(20)17-11-7-5-6-10(16)8-11/h5-8H,3-4,9H2,1-2H3,(H,17,20)(H,18,22). The number of imide groups is 1. The van der Waals surface area contributed by atoms with Crippen molar-refractivity contribution in [3.05, 3.63) is 30.1 Å². The molecule has 0 saturated carbocycles. The van der Waals surface area contributed by atoms with Crippen LogP contribution in [-0.2, 0) is 9.59 Å². The highest BCUT2D eigenvalue weighted by Crippen LogP contribution is 2.24. The zero-order valence-electron chi connectivity index (χ0n) is 12.5. The number of halogens is 1. The second kappa shape index (κ2) is 6.13. The number of carbonyl (C=O) groups excluding carboxylic acids is 3. The Hall–Kier alpha value is -2.44. The molecule has 0 aliphatic carbocycles. The van der Waals surface area contributed by atoms with Crippen LogP contribution < -0.4 is 10.6 Å². The van der Waals surface area contributed by atoms with Crippen LogP contribution in [0.2, 0.25) is 0 Å². The Morgan fingerprint density at radius 1 is 1.32 bits per heavy atom. The van der Waals surface area contributed by atoms with Crippen LogP contribution in [0.15, 0.2) is 24.3 Å². The Labute approximate surface area is 127 Å². The van der Waals surface area contributed by atoms with E-state index in [1.807, 2.05) is 0 Å². The smallest absolute Gasteiger partial charge is 0.324 e. The molecule has 1 aromatic carbocycles. The van der Waals surface area contributed by atoms with E-state index >= 15 is 0 Å². The van der Waals surface area contributed by atoms with Crippen molar-refractivity contribution in [2.24, 2.45) is 0 Å². The number of nitrogens with one attached hydrogen (secondary N) is 2. The molecule has 0 unspecified atom stereocenters. The van der Waals surface area contributed by atoms with E-state index < -0.39 is 35.7 Å². The van der Waals surface area contributed by atoms with Gasteiger partial charge in [0.25, 0.3) is 5.91 Å². The Kier molecular flexibility index (Phi) is 4.44. The van der Waals surface area contributed by atoms with Crippen molar-refractivity contribution in [2.45, 2.75) is 32.2 Å². The summed E-state index contributed by atoms with van der Waals surface area (Å²) in [7, 11) is 0. The number of amides is 4. The molecule has 0 bridgehead atoms. The van der Waals surface area contributed by atoms with E-state index in [1.165, 1.54) is 18.2 Å². The number of hydrogen-bond donors (Lipinski definition) is 2. The first-order chi connectivity index (χ1) is 10.4. The summed E-state index contributed by atoms with van der Waals surface area (Å²) in [5, 5.41) is 5.10. The molecule has 1 fully saturated rings. The molecule has 4 amide bonds. The molecule has 1 aliphatic rings. The summed E-state index contributed by atoms with van der Waals surface area (Å²) >= 11 is 0. The molecule has 0 radical (unpaired) electrons. The van der Waals surface area contributed by atoms with Crippen molar-refractivity contribution in [1.82, 2.24) is 10.2 Å². The van der Waals surface area contributed by atoms with Gasteiger partial charge in [-0.2, -0.15) is 0 Å². The van der Waals surface area contributed by atoms with Crippen LogP contribution in [0.5, 0.6) is 0 Å². The van der Waals surface area contributed by atoms with Crippen LogP contribution >= 0.6 is 0 Å². The van der Waals surface area contributed by atoms with Crippen molar-refractivity contribution in [3.8, 4) is 0 Å². The first-order valence-corrected chi connectivity index (χ1v) is 7.11. The second-order valence-corrected chi connectivity index (χ2v) is 5.17. The van der Waals surface area contributed by atoms with Crippen LogP contribution in [0.4, 0.5) is 14.9 Å². The third-order valence-corrected chi connectivity index (χ3v) is 3.86. The predicted molar refractivity (Wildman–Crippen MR) is 78.6 cm³/mol. The van der Waals surface area contributed by atoms with Crippen LogP contribution in [0.3, 0.4) is 0 Å². The predicted octanol–water partition coefficient (Wildman–Crippen LogP) is 1.87. The molecule has 2 rings (SSSR count). The van der Waals surface area contributed by atoms with Gasteiger partial charge in [-0.15, -0.1) is 0 Å². The fraction of sp³-hybridized carbons (Fsp3) is 0.400. The second-order valence-electron chi connectivity index (χ2n) is 5.17. The number of rotatable bonds is 5. The van der Waals surface area contributed by atoms with E-state index in [9.17, 15) is 18.8 Å². The third kappa shape index (κ3) is 2.93. The van der Waals surface area contributed by atoms with Gasteiger partial charge in [0.15, 0.2) is 0 Å². The Morgan fingerprint density at radius 2 is 2.00 bits per heavy atom. The number of anilines is 1. The van der Waals surface area contributed by atoms with Gasteiger partial charge in [0, 0.05) is 5.69 Å². The molecule has 118 valence electrons. The number of hydrogen-bond acceptors (Lipinski definition) is 3. The summed E-state index contributed by atoms with van der Waals surface area (Å²) < 4.78 is 13.1. The maximum absolute atomic E-state index is 13.1. The van der Waals surface area contributed by atoms with Gasteiger partial charge in [0.2, 0.25) is 5.91 Å². The zero-order valence-corrected chi connectivity index (χ0v) is 12.5. The lowest BCUT2D eigenvalue weighted by Crippen LogP contribution is -2.46. The van der Waals surface area contributed by atoms with Crippen molar-refractivity contribution >= 4 is 23.5 Å². The molecular weight excluding hydrogens is 289 g/mol. The van der Waals surface area contributed by atoms with E-state index in [1.54, 1.807) is 13.8 Å². The highest BCUT2D eigenvalue weighted by molar-refractivity contribution is 6.10. The minimum atomic E-state index is -0.934. The van der Waals surface area contributed by atoms with Crippen molar-refractivity contribution in [1.29, 1.82) is 0 Å². The van der Waals surface area contributed by atoms with Gasteiger partial charge in [-0.05, 0) is 31.0 Å². The van der Waals surface area contributed by atoms with E-state index in [4.69, 9.17) is 0 Å². The van der Waals surface area contributed by atoms with E-state index in [-0.39, 0.29) is 5.69 Å². The van der Waals surface area contributed by atoms with Crippen LogP contribution in [-0.4, -0.2) is 34.8 Å². The molecule has 6 nitrogen and oxygen atoms in total. The lowest BCUT2D eigenvalue weighted by molar-refractivity contribution is -0.134. The lowest BCUT2D eigenvalue weighted by atomic mass is 9.93. The number of benzene rings is 1. The third-order valence-electron chi connectivity index (χ3n) is 3.86. The first kappa shape index (κ1) is 15.9. The van der Waals surface area contributed by atoms with Crippen molar-refractivity contribution in [3.63, 3.8) is 0 Å². The van der Waals surface area contributed by atoms with Gasteiger partial charge in [-0.1, -0.05) is 19.9 Å². The fourth-order valence-electron chi connectivity index (χ4n) is 2.46. The monoisotopic (exact) mass is 307 g/mol. The van der Waals surface area contributed by atoms with Gasteiger partial charge < -0.3 is 10.6 Å². The van der Waals surface area contributed by atoms with E-state index in [0.29, 0.717) is 12.8 Å². The van der Waals surface area contributed by atoms with Crippen LogP contribution in [0.25, 0.3) is 0 Å². The lowest BCUT2D eigenvalue weighted by Gasteiger charge is -2.23. The molecule has 7 heteroatoms. The molecule has 0 aromatic heterocycles. The molecule has 22 heavy (non-hydrogen) atoms. The van der Waals surface area contributed by atoms with Crippen LogP contribution in [0.1, 0.15) is 26.7 Å². The summed E-state index contributed by atoms with van der Waals surface area (Å²) in [5.74, 6) is -1.45. The molecule has 1 saturated heterocycles. The van der Waals surface area contributed by atoms with E-state index in [2.05, 4.69) is 10.6 Å². The maximum atomic E-state index is 13.1. The topological polar surface area (TPSA) is 78.5 Å². The molecular formula is C15H18FN3O3. The molecule has 2 N–H and O–H groups in total. The minimum Gasteiger partial charge on any atom is -0.324 e. The molecule has 1 aromatic rings. The SMILES string of the molecule is CCC1(CC)NC(=O)N(CC(=O)Nc2cccc(F)c2)C1=O. The largest absolute Gasteiger partial charge is 0.325 e. The van der Waals surface area contributed by atoms with Gasteiger partial charge in [0.05, 0.1) is 0 Å². The van der Waals surface area contributed by atoms with Gasteiger partial charge >= 0.3 is 6.03 Å². The highest BCUT2D eigenvalue weighted by atomic mass is 19.1. The van der Waals surface area contributed by atoms with Crippen molar-refractivity contribution < 1.29 is 18.8 Å². The van der Waals surface area contributed by atoms with Crippen molar-refractivity contribution in [2.75, 3.05) is 11.9 Å². The molecule has 1 heterocycles. The maximum Gasteiger partial charge on any atom is 0.325 e. The average molecular weight is 307 g/mol. The zero-order chi connectivity index (χ0) is 16.3. The summed E-state index contributed by atoms with van der Waals surface area (Å²) in [6.07, 6.45) is 0.909. The van der Waals surface area contributed by atoms with Gasteiger partial charge in [0.1, 0.15) is 17.9 Å². The molecule has 0 atom stereocenters. The molecule has 1 aliphatic heterocycles. The van der Waals surface area contributed by atoms with Crippen LogP contribution in [0, 0.1) is 5.82 Å². The summed E-state index contributed by atoms with van der Waals surface area (Å²) in [6, 6.07) is 4.81. The first-order valence-electron chi connectivity index (χ1n) is 7.11. The number of urea groups is 1. The van der Waals surface area contributed by atoms with Gasteiger partial charge in [-0.3, -0.25) is 14.5 Å². The van der Waals surface area contributed by atoms with Gasteiger partial charge in [-0.25, -0.2) is 9.18 Å². The Balaban J connectivity index is 2.06. The Morgan fingerprint density at radius 3 is 2.55 bits per heavy atom.